The monoisotopic (exact) mass is 367 g/mol. The van der Waals surface area contributed by atoms with Crippen LogP contribution >= 0.6 is 0 Å². The number of carbonyl (C=O) groups is 1. The lowest BCUT2D eigenvalue weighted by Crippen LogP contribution is -2.46. The molecule has 1 aliphatic carbocycles. The summed E-state index contributed by atoms with van der Waals surface area (Å²) in [7, 11) is 1.78. The van der Waals surface area contributed by atoms with E-state index in [1.165, 1.54) is 32.1 Å². The fraction of sp³-hybridized carbons (Fsp3) is 0.900. The number of aliphatic imine (C=N–C) groups is 1. The molecule has 1 aliphatic rings. The predicted molar refractivity (Wildman–Crippen MR) is 111 cm³/mol. The van der Waals surface area contributed by atoms with Gasteiger partial charge in [-0.25, -0.2) is 0 Å². The molecule has 6 heteroatoms. The van der Waals surface area contributed by atoms with Crippen LogP contribution in [0.15, 0.2) is 4.99 Å². The molecular formula is C20H41N5O. The largest absolute Gasteiger partial charge is 0.355 e. The van der Waals surface area contributed by atoms with Gasteiger partial charge in [0, 0.05) is 51.7 Å². The van der Waals surface area contributed by atoms with Crippen LogP contribution in [-0.2, 0) is 4.79 Å². The summed E-state index contributed by atoms with van der Waals surface area (Å²) in [5.41, 5.74) is 0. The number of nitrogens with one attached hydrogen (secondary N) is 3. The number of guanidine groups is 1. The van der Waals surface area contributed by atoms with E-state index in [1.807, 2.05) is 0 Å². The zero-order valence-electron chi connectivity index (χ0n) is 17.6. The first kappa shape index (κ1) is 22.7. The molecule has 0 bridgehead atoms. The van der Waals surface area contributed by atoms with Crippen LogP contribution in [0.25, 0.3) is 0 Å². The lowest BCUT2D eigenvalue weighted by molar-refractivity contribution is -0.122. The molecule has 0 heterocycles. The first-order valence-corrected chi connectivity index (χ1v) is 10.4. The second-order valence-corrected chi connectivity index (χ2v) is 7.91. The molecule has 0 spiro atoms. The van der Waals surface area contributed by atoms with E-state index in [-0.39, 0.29) is 5.91 Å². The number of carbonyl (C=O) groups excluding carboxylic acids is 1. The molecule has 1 saturated carbocycles. The normalized spacial score (nSPS) is 16.4. The standard InChI is InChI=1S/C20H41N5O/c1-16(2)25(17(3)4)14-13-24-20(21-5)23-12-11-22-19(26)15-18-9-7-6-8-10-18/h16-18H,6-15H2,1-5H3,(H,22,26)(H2,21,23,24). The quantitative estimate of drug-likeness (QED) is 0.315. The maximum absolute atomic E-state index is 12.0. The van der Waals surface area contributed by atoms with Gasteiger partial charge in [0.25, 0.3) is 0 Å². The minimum Gasteiger partial charge on any atom is -0.355 e. The van der Waals surface area contributed by atoms with Gasteiger partial charge in [-0.15, -0.1) is 0 Å². The first-order chi connectivity index (χ1) is 12.4. The van der Waals surface area contributed by atoms with Gasteiger partial charge in [0.1, 0.15) is 0 Å². The SMILES string of the molecule is CN=C(NCCNC(=O)CC1CCCCC1)NCCN(C(C)C)C(C)C. The highest BCUT2D eigenvalue weighted by Crippen LogP contribution is 2.25. The second kappa shape index (κ2) is 13.0. The van der Waals surface area contributed by atoms with Gasteiger partial charge >= 0.3 is 0 Å². The topological polar surface area (TPSA) is 68.8 Å². The van der Waals surface area contributed by atoms with E-state index in [0.717, 1.165) is 19.0 Å². The van der Waals surface area contributed by atoms with Crippen LogP contribution in [0.3, 0.4) is 0 Å². The Morgan fingerprint density at radius 1 is 0.962 bits per heavy atom. The maximum Gasteiger partial charge on any atom is 0.220 e. The smallest absolute Gasteiger partial charge is 0.220 e. The molecule has 0 unspecified atom stereocenters. The lowest BCUT2D eigenvalue weighted by atomic mass is 9.87. The van der Waals surface area contributed by atoms with E-state index < -0.39 is 0 Å². The van der Waals surface area contributed by atoms with Crippen molar-refractivity contribution >= 4 is 11.9 Å². The van der Waals surface area contributed by atoms with Crippen molar-refractivity contribution in [3.63, 3.8) is 0 Å². The Morgan fingerprint density at radius 3 is 2.12 bits per heavy atom. The van der Waals surface area contributed by atoms with E-state index in [4.69, 9.17) is 0 Å². The van der Waals surface area contributed by atoms with Crippen LogP contribution in [0.5, 0.6) is 0 Å². The number of hydrogen-bond donors (Lipinski definition) is 3. The summed E-state index contributed by atoms with van der Waals surface area (Å²) in [4.78, 5) is 18.7. The van der Waals surface area contributed by atoms with Crippen LogP contribution in [-0.4, -0.2) is 62.1 Å². The fourth-order valence-electron chi connectivity index (χ4n) is 3.75. The maximum atomic E-state index is 12.0. The molecule has 0 aromatic carbocycles. The summed E-state index contributed by atoms with van der Waals surface area (Å²) in [6.45, 7) is 12.1. The van der Waals surface area contributed by atoms with Crippen LogP contribution in [0, 0.1) is 5.92 Å². The van der Waals surface area contributed by atoms with Crippen molar-refractivity contribution in [2.75, 3.05) is 33.2 Å². The van der Waals surface area contributed by atoms with Crippen molar-refractivity contribution in [2.24, 2.45) is 10.9 Å². The van der Waals surface area contributed by atoms with Crippen molar-refractivity contribution in [2.45, 2.75) is 78.3 Å². The van der Waals surface area contributed by atoms with Gasteiger partial charge in [-0.05, 0) is 46.5 Å². The number of rotatable bonds is 10. The minimum atomic E-state index is 0.186. The molecule has 152 valence electrons. The Bertz CT molecular complexity index is 408. The third kappa shape index (κ3) is 9.41. The van der Waals surface area contributed by atoms with Gasteiger partial charge in [-0.1, -0.05) is 19.3 Å². The summed E-state index contributed by atoms with van der Waals surface area (Å²) in [5.74, 6) is 1.57. The first-order valence-electron chi connectivity index (χ1n) is 10.4. The van der Waals surface area contributed by atoms with Crippen molar-refractivity contribution in [1.29, 1.82) is 0 Å². The molecule has 1 fully saturated rings. The third-order valence-corrected chi connectivity index (χ3v) is 5.15. The molecule has 0 aliphatic heterocycles. The Hall–Kier alpha value is -1.30. The van der Waals surface area contributed by atoms with Crippen molar-refractivity contribution < 1.29 is 4.79 Å². The predicted octanol–water partition coefficient (Wildman–Crippen LogP) is 2.36. The van der Waals surface area contributed by atoms with Crippen LogP contribution in [0.4, 0.5) is 0 Å². The average Bonchev–Trinajstić information content (AvgIpc) is 2.60. The summed E-state index contributed by atoms with van der Waals surface area (Å²) in [5, 5.41) is 9.64. The van der Waals surface area contributed by atoms with Crippen molar-refractivity contribution in [3.05, 3.63) is 0 Å². The Kier molecular flexibility index (Phi) is 11.3. The summed E-state index contributed by atoms with van der Waals surface area (Å²) < 4.78 is 0. The number of nitrogens with zero attached hydrogens (tertiary/aromatic N) is 2. The van der Waals surface area contributed by atoms with Gasteiger partial charge < -0.3 is 16.0 Å². The zero-order valence-corrected chi connectivity index (χ0v) is 17.6. The Balaban J connectivity index is 2.14. The van der Waals surface area contributed by atoms with Crippen molar-refractivity contribution in [1.82, 2.24) is 20.9 Å². The highest BCUT2D eigenvalue weighted by Gasteiger charge is 2.16. The summed E-state index contributed by atoms with van der Waals surface area (Å²) in [6.07, 6.45) is 7.02. The van der Waals surface area contributed by atoms with E-state index in [1.54, 1.807) is 7.05 Å². The molecule has 6 nitrogen and oxygen atoms in total. The molecule has 0 saturated heterocycles. The number of hydrogen-bond acceptors (Lipinski definition) is 3. The van der Waals surface area contributed by atoms with Gasteiger partial charge in [0.05, 0.1) is 0 Å². The van der Waals surface area contributed by atoms with E-state index in [9.17, 15) is 4.79 Å². The van der Waals surface area contributed by atoms with Crippen LogP contribution < -0.4 is 16.0 Å². The third-order valence-electron chi connectivity index (χ3n) is 5.15. The van der Waals surface area contributed by atoms with Gasteiger partial charge in [-0.2, -0.15) is 0 Å². The van der Waals surface area contributed by atoms with Gasteiger partial charge in [0.2, 0.25) is 5.91 Å². The van der Waals surface area contributed by atoms with Gasteiger partial charge in [-0.3, -0.25) is 14.7 Å². The fourth-order valence-corrected chi connectivity index (χ4v) is 3.75. The van der Waals surface area contributed by atoms with Gasteiger partial charge in [0.15, 0.2) is 5.96 Å². The number of amides is 1. The highest BCUT2D eigenvalue weighted by molar-refractivity contribution is 5.79. The van der Waals surface area contributed by atoms with E-state index >= 15 is 0 Å². The van der Waals surface area contributed by atoms with Crippen LogP contribution in [0.1, 0.15) is 66.2 Å². The zero-order chi connectivity index (χ0) is 19.4. The minimum absolute atomic E-state index is 0.186. The van der Waals surface area contributed by atoms with Crippen LogP contribution in [0.2, 0.25) is 0 Å². The second-order valence-electron chi connectivity index (χ2n) is 7.91. The molecular weight excluding hydrogens is 326 g/mol. The molecule has 26 heavy (non-hydrogen) atoms. The Labute approximate surface area is 160 Å². The average molecular weight is 368 g/mol. The Morgan fingerprint density at radius 2 is 1.54 bits per heavy atom. The lowest BCUT2D eigenvalue weighted by Gasteiger charge is -2.30. The molecule has 1 amide bonds. The van der Waals surface area contributed by atoms with E-state index in [2.05, 4.69) is 53.5 Å². The molecule has 3 N–H and O–H groups in total. The van der Waals surface area contributed by atoms with Crippen molar-refractivity contribution in [3.8, 4) is 0 Å². The van der Waals surface area contributed by atoms with E-state index in [0.29, 0.717) is 37.5 Å². The summed E-state index contributed by atoms with van der Waals surface area (Å²) >= 11 is 0. The molecule has 0 aromatic heterocycles. The molecule has 0 radical (unpaired) electrons. The highest BCUT2D eigenvalue weighted by atomic mass is 16.1. The molecule has 0 atom stereocenters. The summed E-state index contributed by atoms with van der Waals surface area (Å²) in [6, 6.07) is 1.07. The molecule has 1 rings (SSSR count). The molecule has 0 aromatic rings.